The molecule has 0 aliphatic rings. The number of hydrogen-bond donors (Lipinski definition) is 1. The molecule has 0 unspecified atom stereocenters. The molecule has 0 aliphatic heterocycles. The predicted octanol–water partition coefficient (Wildman–Crippen LogP) is 2.19. The third-order valence-electron chi connectivity index (χ3n) is 2.22. The van der Waals surface area contributed by atoms with Crippen LogP contribution in [0.5, 0.6) is 0 Å². The summed E-state index contributed by atoms with van der Waals surface area (Å²) in [4.78, 5) is 0.00743. The van der Waals surface area contributed by atoms with Gasteiger partial charge in [-0.3, -0.25) is 0 Å². The predicted molar refractivity (Wildman–Crippen MR) is 49.1 cm³/mol. The lowest BCUT2D eigenvalue weighted by Gasteiger charge is -1.99. The molecule has 0 radical (unpaired) electrons. The topological polar surface area (TPSA) is 50.1 Å². The molecule has 1 aromatic carbocycles. The number of hydrogen-bond acceptors (Lipinski definition) is 3. The Labute approximate surface area is 93.8 Å². The van der Waals surface area contributed by atoms with Gasteiger partial charge in [0.05, 0.1) is 0 Å². The summed E-state index contributed by atoms with van der Waals surface area (Å²) in [7, 11) is 0. The summed E-state index contributed by atoms with van der Waals surface area (Å²) >= 11 is 0. The lowest BCUT2D eigenvalue weighted by molar-refractivity contribution is -1.03. The number of halogens is 3. The molecule has 17 heavy (non-hydrogen) atoms. The van der Waals surface area contributed by atoms with Crippen molar-refractivity contribution < 1.29 is 27.9 Å². The standard InChI is InChI=1S/C10H8F3N2O2/c1-6-2-4-7(5-3-6)8-9(10(11,12)13)14-17-15(8)16/h2-5,16H,1H3/q+1. The van der Waals surface area contributed by atoms with Gasteiger partial charge in [-0.25, -0.2) is 0 Å². The summed E-state index contributed by atoms with van der Waals surface area (Å²) in [5.74, 6) is 0. The maximum atomic E-state index is 12.6. The lowest BCUT2D eigenvalue weighted by atomic mass is 10.1. The number of benzene rings is 1. The van der Waals surface area contributed by atoms with Crippen LogP contribution < -0.4 is 4.90 Å². The Hall–Kier alpha value is -2.05. The van der Waals surface area contributed by atoms with Gasteiger partial charge in [0.25, 0.3) is 5.69 Å². The molecule has 1 N–H and O–H groups in total. The third-order valence-corrected chi connectivity index (χ3v) is 2.22. The van der Waals surface area contributed by atoms with Crippen LogP contribution in [0.15, 0.2) is 28.9 Å². The molecule has 1 heterocycles. The molecule has 1 aromatic heterocycles. The van der Waals surface area contributed by atoms with Crippen molar-refractivity contribution in [1.29, 1.82) is 0 Å². The zero-order valence-corrected chi connectivity index (χ0v) is 8.69. The van der Waals surface area contributed by atoms with Crippen molar-refractivity contribution in [2.75, 3.05) is 0 Å². The minimum absolute atomic E-state index is 0.00743. The highest BCUT2D eigenvalue weighted by atomic mass is 19.4. The van der Waals surface area contributed by atoms with Crippen LogP contribution in [0.25, 0.3) is 11.3 Å². The molecule has 0 fully saturated rings. The van der Waals surface area contributed by atoms with E-state index in [-0.39, 0.29) is 10.5 Å². The molecule has 0 aliphatic carbocycles. The smallest absolute Gasteiger partial charge is 0.316 e. The fraction of sp³-hybridized carbons (Fsp3) is 0.200. The molecule has 4 nitrogen and oxygen atoms in total. The maximum absolute atomic E-state index is 12.6. The number of alkyl halides is 3. The molecule has 0 saturated heterocycles. The summed E-state index contributed by atoms with van der Waals surface area (Å²) in [6.45, 7) is 1.80. The summed E-state index contributed by atoms with van der Waals surface area (Å²) in [5.41, 5.74) is -0.712. The highest BCUT2D eigenvalue weighted by Gasteiger charge is 2.47. The van der Waals surface area contributed by atoms with E-state index in [2.05, 4.69) is 9.79 Å². The van der Waals surface area contributed by atoms with Gasteiger partial charge in [-0.2, -0.15) is 13.2 Å². The van der Waals surface area contributed by atoms with Gasteiger partial charge in [-0.1, -0.05) is 17.7 Å². The van der Waals surface area contributed by atoms with Crippen LogP contribution in [-0.2, 0) is 6.18 Å². The molecule has 0 spiro atoms. The first kappa shape index (κ1) is 11.4. The van der Waals surface area contributed by atoms with E-state index in [1.807, 2.05) is 0 Å². The Morgan fingerprint density at radius 1 is 1.24 bits per heavy atom. The average molecular weight is 245 g/mol. The van der Waals surface area contributed by atoms with Gasteiger partial charge >= 0.3 is 11.9 Å². The Bertz CT molecular complexity index is 531. The minimum Gasteiger partial charge on any atom is -0.316 e. The van der Waals surface area contributed by atoms with Crippen molar-refractivity contribution in [1.82, 2.24) is 5.16 Å². The molecule has 0 atom stereocenters. The van der Waals surface area contributed by atoms with E-state index in [4.69, 9.17) is 0 Å². The molecule has 2 rings (SSSR count). The summed E-state index contributed by atoms with van der Waals surface area (Å²) in [5, 5.41) is 12.0. The second-order valence-electron chi connectivity index (χ2n) is 3.51. The number of nitrogens with zero attached hydrogens (tertiary/aromatic N) is 2. The minimum atomic E-state index is -4.68. The van der Waals surface area contributed by atoms with E-state index in [0.717, 1.165) is 5.56 Å². The molecule has 0 amide bonds. The molecule has 2 aromatic rings. The van der Waals surface area contributed by atoms with Crippen LogP contribution in [0.2, 0.25) is 0 Å². The van der Waals surface area contributed by atoms with Crippen LogP contribution in [0.4, 0.5) is 13.2 Å². The highest BCUT2D eigenvalue weighted by molar-refractivity contribution is 5.59. The fourth-order valence-electron chi connectivity index (χ4n) is 1.40. The van der Waals surface area contributed by atoms with Crippen molar-refractivity contribution in [2.24, 2.45) is 0 Å². The largest absolute Gasteiger partial charge is 0.467 e. The number of aromatic nitrogens is 2. The van der Waals surface area contributed by atoms with Crippen molar-refractivity contribution in [3.63, 3.8) is 0 Å². The Kier molecular flexibility index (Phi) is 2.53. The van der Waals surface area contributed by atoms with Gasteiger partial charge in [-0.15, -0.1) is 0 Å². The zero-order valence-electron chi connectivity index (χ0n) is 8.69. The highest BCUT2D eigenvalue weighted by Crippen LogP contribution is 2.33. The van der Waals surface area contributed by atoms with Gasteiger partial charge < -0.3 is 5.21 Å². The molecule has 7 heteroatoms. The first-order chi connectivity index (χ1) is 7.89. The second kappa shape index (κ2) is 3.76. The lowest BCUT2D eigenvalue weighted by Crippen LogP contribution is -2.30. The summed E-state index contributed by atoms with van der Waals surface area (Å²) in [6.07, 6.45) is -4.68. The van der Waals surface area contributed by atoms with Gasteiger partial charge in [-0.05, 0) is 23.7 Å². The van der Waals surface area contributed by atoms with E-state index in [1.54, 1.807) is 19.1 Å². The molecular formula is C10H8F3N2O2+. The zero-order chi connectivity index (χ0) is 12.6. The SMILES string of the molecule is Cc1ccc(-c2c(C(F)(F)F)no[n+]2O)cc1. The Balaban J connectivity index is 2.59. The van der Waals surface area contributed by atoms with Crippen LogP contribution in [-0.4, -0.2) is 10.4 Å². The maximum Gasteiger partial charge on any atom is 0.467 e. The number of rotatable bonds is 1. The molecule has 0 bridgehead atoms. The molecule has 90 valence electrons. The average Bonchev–Trinajstić information content (AvgIpc) is 2.61. The third kappa shape index (κ3) is 2.08. The Morgan fingerprint density at radius 2 is 1.82 bits per heavy atom. The summed E-state index contributed by atoms with van der Waals surface area (Å²) < 4.78 is 41.8. The van der Waals surface area contributed by atoms with Gasteiger partial charge in [0.2, 0.25) is 0 Å². The Morgan fingerprint density at radius 3 is 2.35 bits per heavy atom. The van der Waals surface area contributed by atoms with Crippen LogP contribution in [0.3, 0.4) is 0 Å². The van der Waals surface area contributed by atoms with Crippen LogP contribution in [0, 0.1) is 6.92 Å². The van der Waals surface area contributed by atoms with E-state index in [0.29, 0.717) is 0 Å². The van der Waals surface area contributed by atoms with E-state index < -0.39 is 17.6 Å². The number of aryl methyl sites for hydroxylation is 1. The van der Waals surface area contributed by atoms with Crippen molar-refractivity contribution in [2.45, 2.75) is 13.1 Å². The van der Waals surface area contributed by atoms with E-state index >= 15 is 0 Å². The monoisotopic (exact) mass is 245 g/mol. The van der Waals surface area contributed by atoms with E-state index in [9.17, 15) is 18.4 Å². The van der Waals surface area contributed by atoms with Crippen molar-refractivity contribution in [3.8, 4) is 11.3 Å². The van der Waals surface area contributed by atoms with Crippen LogP contribution in [0.1, 0.15) is 11.3 Å². The first-order valence-electron chi connectivity index (χ1n) is 4.65. The van der Waals surface area contributed by atoms with Crippen LogP contribution >= 0.6 is 0 Å². The van der Waals surface area contributed by atoms with Gasteiger partial charge in [0.1, 0.15) is 4.90 Å². The van der Waals surface area contributed by atoms with E-state index in [1.165, 1.54) is 12.1 Å². The molecular weight excluding hydrogens is 237 g/mol. The quantitative estimate of drug-likeness (QED) is 0.783. The first-order valence-corrected chi connectivity index (χ1v) is 4.65. The molecule has 0 saturated carbocycles. The van der Waals surface area contributed by atoms with Gasteiger partial charge in [0, 0.05) is 5.56 Å². The normalized spacial score (nSPS) is 11.8. The summed E-state index contributed by atoms with van der Waals surface area (Å²) in [6, 6.07) is 6.15. The van der Waals surface area contributed by atoms with Gasteiger partial charge in [0.15, 0.2) is 5.16 Å². The fourth-order valence-corrected chi connectivity index (χ4v) is 1.40. The van der Waals surface area contributed by atoms with Crippen molar-refractivity contribution >= 4 is 0 Å². The second-order valence-corrected chi connectivity index (χ2v) is 3.51. The van der Waals surface area contributed by atoms with Crippen molar-refractivity contribution in [3.05, 3.63) is 35.5 Å².